The number of carbonyl (C=O) groups excluding carboxylic acids is 1. The Labute approximate surface area is 180 Å². The van der Waals surface area contributed by atoms with Crippen molar-refractivity contribution in [2.75, 3.05) is 36.5 Å². The number of nitro groups is 1. The van der Waals surface area contributed by atoms with Gasteiger partial charge in [-0.25, -0.2) is 4.98 Å². The summed E-state index contributed by atoms with van der Waals surface area (Å²) in [6.07, 6.45) is 0. The first-order valence-electron chi connectivity index (χ1n) is 8.72. The zero-order chi connectivity index (χ0) is 21.0. The summed E-state index contributed by atoms with van der Waals surface area (Å²) < 4.78 is 6.14. The van der Waals surface area contributed by atoms with Crippen LogP contribution >= 0.6 is 28.1 Å². The largest absolute Gasteiger partial charge is 0.378 e. The van der Waals surface area contributed by atoms with Gasteiger partial charge in [-0.05, 0) is 59.3 Å². The van der Waals surface area contributed by atoms with Crippen molar-refractivity contribution in [1.82, 2.24) is 10.3 Å². The Bertz CT molecular complexity index is 965. The van der Waals surface area contributed by atoms with Crippen molar-refractivity contribution in [1.29, 1.82) is 0 Å². The number of aryl methyl sites for hydroxylation is 1. The molecule has 0 aliphatic carbocycles. The molecule has 9 nitrogen and oxygen atoms in total. The Morgan fingerprint density at radius 3 is 2.69 bits per heavy atom. The number of nitrogens with zero attached hydrogens (tertiary/aromatic N) is 3. The fourth-order valence-electron chi connectivity index (χ4n) is 2.82. The van der Waals surface area contributed by atoms with Crippen LogP contribution in [0.3, 0.4) is 0 Å². The van der Waals surface area contributed by atoms with E-state index in [2.05, 4.69) is 31.5 Å². The third-order valence-corrected chi connectivity index (χ3v) is 5.32. The van der Waals surface area contributed by atoms with Gasteiger partial charge in [0.15, 0.2) is 5.11 Å². The molecule has 1 aromatic carbocycles. The van der Waals surface area contributed by atoms with Crippen LogP contribution in [-0.2, 0) is 4.74 Å². The average Bonchev–Trinajstić information content (AvgIpc) is 2.70. The molecular weight excluding hydrogens is 462 g/mol. The number of anilines is 2. The van der Waals surface area contributed by atoms with Gasteiger partial charge in [0.1, 0.15) is 11.5 Å². The van der Waals surface area contributed by atoms with Gasteiger partial charge in [-0.1, -0.05) is 0 Å². The number of aromatic nitrogens is 1. The standard InChI is InChI=1S/C18H18BrN5O4S/c1-11-13(19)3-5-16(20-11)21-18(29)22-17(25)12-2-4-14(15(10-12)24(26)27)23-6-8-28-9-7-23/h2-5,10H,6-9H2,1H3,(H2,20,21,22,25,29). The fourth-order valence-corrected chi connectivity index (χ4v) is 3.24. The van der Waals surface area contributed by atoms with Crippen LogP contribution in [0.4, 0.5) is 17.2 Å². The predicted octanol–water partition coefficient (Wildman–Crippen LogP) is 3.02. The number of benzene rings is 1. The van der Waals surface area contributed by atoms with Crippen LogP contribution in [-0.4, -0.2) is 47.2 Å². The van der Waals surface area contributed by atoms with Gasteiger partial charge in [-0.2, -0.15) is 0 Å². The molecule has 0 bridgehead atoms. The van der Waals surface area contributed by atoms with Gasteiger partial charge in [-0.3, -0.25) is 20.2 Å². The van der Waals surface area contributed by atoms with Crippen molar-refractivity contribution >= 4 is 56.4 Å². The van der Waals surface area contributed by atoms with Crippen molar-refractivity contribution in [2.45, 2.75) is 6.92 Å². The molecule has 1 aliphatic rings. The van der Waals surface area contributed by atoms with E-state index in [1.165, 1.54) is 12.1 Å². The predicted molar refractivity (Wildman–Crippen MR) is 116 cm³/mol. The van der Waals surface area contributed by atoms with Crippen LogP contribution in [0.5, 0.6) is 0 Å². The van der Waals surface area contributed by atoms with Crippen LogP contribution in [0.15, 0.2) is 34.8 Å². The number of ether oxygens (including phenoxy) is 1. The van der Waals surface area contributed by atoms with Crippen molar-refractivity contribution in [3.63, 3.8) is 0 Å². The Kier molecular flexibility index (Phi) is 6.72. The minimum Gasteiger partial charge on any atom is -0.378 e. The Hall–Kier alpha value is -2.63. The summed E-state index contributed by atoms with van der Waals surface area (Å²) >= 11 is 8.51. The lowest BCUT2D eigenvalue weighted by molar-refractivity contribution is -0.384. The summed E-state index contributed by atoms with van der Waals surface area (Å²) in [7, 11) is 0. The van der Waals surface area contributed by atoms with E-state index in [-0.39, 0.29) is 16.4 Å². The molecule has 152 valence electrons. The number of morpholine rings is 1. The zero-order valence-electron chi connectivity index (χ0n) is 15.5. The lowest BCUT2D eigenvalue weighted by atomic mass is 10.1. The number of amides is 1. The number of pyridine rings is 1. The maximum atomic E-state index is 12.5. The number of carbonyl (C=O) groups is 1. The molecule has 0 atom stereocenters. The van der Waals surface area contributed by atoms with Gasteiger partial charge in [0.05, 0.1) is 23.8 Å². The van der Waals surface area contributed by atoms with E-state index in [9.17, 15) is 14.9 Å². The highest BCUT2D eigenvalue weighted by Gasteiger charge is 2.23. The van der Waals surface area contributed by atoms with Crippen LogP contribution < -0.4 is 15.5 Å². The van der Waals surface area contributed by atoms with Crippen molar-refractivity contribution in [3.05, 3.63) is 56.2 Å². The molecule has 1 amide bonds. The molecule has 3 rings (SSSR count). The molecule has 2 aromatic rings. The number of hydrogen-bond acceptors (Lipinski definition) is 7. The van der Waals surface area contributed by atoms with E-state index < -0.39 is 10.8 Å². The molecule has 1 aliphatic heterocycles. The molecular formula is C18H18BrN5O4S. The summed E-state index contributed by atoms with van der Waals surface area (Å²) in [4.78, 5) is 29.7. The number of nitro benzene ring substituents is 1. The second-order valence-corrected chi connectivity index (χ2v) is 7.49. The van der Waals surface area contributed by atoms with E-state index in [1.54, 1.807) is 12.1 Å². The first kappa shape index (κ1) is 21.1. The zero-order valence-corrected chi connectivity index (χ0v) is 17.9. The van der Waals surface area contributed by atoms with Crippen LogP contribution in [0, 0.1) is 17.0 Å². The molecule has 0 unspecified atom stereocenters. The monoisotopic (exact) mass is 479 g/mol. The lowest BCUT2D eigenvalue weighted by Gasteiger charge is -2.28. The normalized spacial score (nSPS) is 13.7. The molecule has 29 heavy (non-hydrogen) atoms. The highest BCUT2D eigenvalue weighted by molar-refractivity contribution is 9.10. The fraction of sp³-hybridized carbons (Fsp3) is 0.278. The SMILES string of the molecule is Cc1nc(NC(=S)NC(=O)c2ccc(N3CCOCC3)c([N+](=O)[O-])c2)ccc1Br. The second-order valence-electron chi connectivity index (χ2n) is 6.23. The van der Waals surface area contributed by atoms with Crippen LogP contribution in [0.1, 0.15) is 16.1 Å². The third-order valence-electron chi connectivity index (χ3n) is 4.28. The number of hydrogen-bond donors (Lipinski definition) is 2. The van der Waals surface area contributed by atoms with E-state index in [0.717, 1.165) is 10.2 Å². The number of halogens is 1. The van der Waals surface area contributed by atoms with Gasteiger partial charge in [-0.15, -0.1) is 0 Å². The molecule has 0 saturated carbocycles. The van der Waals surface area contributed by atoms with Gasteiger partial charge in [0.2, 0.25) is 0 Å². The quantitative estimate of drug-likeness (QED) is 0.391. The molecule has 1 aromatic heterocycles. The Morgan fingerprint density at radius 1 is 1.31 bits per heavy atom. The smallest absolute Gasteiger partial charge is 0.293 e. The van der Waals surface area contributed by atoms with Crippen LogP contribution in [0.2, 0.25) is 0 Å². The van der Waals surface area contributed by atoms with Gasteiger partial charge >= 0.3 is 0 Å². The Morgan fingerprint density at radius 2 is 2.03 bits per heavy atom. The van der Waals surface area contributed by atoms with E-state index in [1.807, 2.05) is 17.9 Å². The second kappa shape index (κ2) is 9.25. The van der Waals surface area contributed by atoms with E-state index in [0.29, 0.717) is 37.8 Å². The molecule has 11 heteroatoms. The van der Waals surface area contributed by atoms with E-state index >= 15 is 0 Å². The van der Waals surface area contributed by atoms with Gasteiger partial charge in [0, 0.05) is 29.2 Å². The van der Waals surface area contributed by atoms with Crippen molar-refractivity contribution in [3.8, 4) is 0 Å². The van der Waals surface area contributed by atoms with Crippen LogP contribution in [0.25, 0.3) is 0 Å². The number of nitrogens with one attached hydrogen (secondary N) is 2. The molecule has 0 spiro atoms. The minimum absolute atomic E-state index is 0.0455. The van der Waals surface area contributed by atoms with Gasteiger partial charge < -0.3 is 15.0 Å². The molecule has 1 saturated heterocycles. The first-order valence-corrected chi connectivity index (χ1v) is 9.92. The van der Waals surface area contributed by atoms with E-state index in [4.69, 9.17) is 17.0 Å². The summed E-state index contributed by atoms with van der Waals surface area (Å²) in [5, 5.41) is 16.9. The third kappa shape index (κ3) is 5.25. The summed E-state index contributed by atoms with van der Waals surface area (Å²) in [6.45, 7) is 3.94. The maximum absolute atomic E-state index is 12.5. The topological polar surface area (TPSA) is 110 Å². The summed E-state index contributed by atoms with van der Waals surface area (Å²) in [6, 6.07) is 7.89. The van der Waals surface area contributed by atoms with Crippen molar-refractivity contribution < 1.29 is 14.5 Å². The Balaban J connectivity index is 1.72. The minimum atomic E-state index is -0.548. The molecule has 1 fully saturated rings. The summed E-state index contributed by atoms with van der Waals surface area (Å²) in [5.41, 5.74) is 1.23. The summed E-state index contributed by atoms with van der Waals surface area (Å²) in [5.74, 6) is -0.0717. The highest BCUT2D eigenvalue weighted by Crippen LogP contribution is 2.30. The lowest BCUT2D eigenvalue weighted by Crippen LogP contribution is -2.37. The average molecular weight is 480 g/mol. The highest BCUT2D eigenvalue weighted by atomic mass is 79.9. The maximum Gasteiger partial charge on any atom is 0.293 e. The number of thiocarbonyl (C=S) groups is 1. The molecule has 2 N–H and O–H groups in total. The van der Waals surface area contributed by atoms with Crippen molar-refractivity contribution in [2.24, 2.45) is 0 Å². The number of rotatable bonds is 4. The first-order chi connectivity index (χ1) is 13.8. The molecule has 0 radical (unpaired) electrons. The molecule has 2 heterocycles. The van der Waals surface area contributed by atoms with Gasteiger partial charge in [0.25, 0.3) is 11.6 Å².